The SMILES string of the molecule is CCCCCc1ccc(C(=O)N2CCC(N3CCC(C(=O)NCc4ccco4)CC3)CC2)cc1. The second-order valence-corrected chi connectivity index (χ2v) is 9.78. The molecule has 2 aliphatic heterocycles. The van der Waals surface area contributed by atoms with Crippen molar-refractivity contribution in [1.29, 1.82) is 0 Å². The molecule has 6 nitrogen and oxygen atoms in total. The number of piperidine rings is 2. The highest BCUT2D eigenvalue weighted by Gasteiger charge is 2.31. The summed E-state index contributed by atoms with van der Waals surface area (Å²) in [6, 6.07) is 12.5. The van der Waals surface area contributed by atoms with Gasteiger partial charge in [-0.05, 0) is 81.4 Å². The van der Waals surface area contributed by atoms with Gasteiger partial charge in [0.25, 0.3) is 5.91 Å². The van der Waals surface area contributed by atoms with Crippen LogP contribution in [0.3, 0.4) is 0 Å². The summed E-state index contributed by atoms with van der Waals surface area (Å²) in [7, 11) is 0. The van der Waals surface area contributed by atoms with Crippen LogP contribution in [0.4, 0.5) is 0 Å². The van der Waals surface area contributed by atoms with Crippen LogP contribution in [0.5, 0.6) is 0 Å². The number of hydrogen-bond acceptors (Lipinski definition) is 4. The lowest BCUT2D eigenvalue weighted by Crippen LogP contribution is -2.50. The molecule has 2 aromatic rings. The minimum Gasteiger partial charge on any atom is -0.467 e. The Morgan fingerprint density at radius 2 is 1.71 bits per heavy atom. The van der Waals surface area contributed by atoms with E-state index >= 15 is 0 Å². The first-order valence-corrected chi connectivity index (χ1v) is 13.1. The summed E-state index contributed by atoms with van der Waals surface area (Å²) in [6.07, 6.45) is 10.2. The largest absolute Gasteiger partial charge is 0.467 e. The van der Waals surface area contributed by atoms with Gasteiger partial charge in [-0.1, -0.05) is 31.9 Å². The van der Waals surface area contributed by atoms with Crippen molar-refractivity contribution in [3.05, 3.63) is 59.5 Å². The van der Waals surface area contributed by atoms with Crippen molar-refractivity contribution in [2.45, 2.75) is 70.9 Å². The Kier molecular flexibility index (Phi) is 8.80. The molecule has 0 spiro atoms. The van der Waals surface area contributed by atoms with Crippen LogP contribution in [-0.2, 0) is 17.8 Å². The fourth-order valence-electron chi connectivity index (χ4n) is 5.27. The number of amides is 2. The van der Waals surface area contributed by atoms with Crippen molar-refractivity contribution in [1.82, 2.24) is 15.1 Å². The van der Waals surface area contributed by atoms with Gasteiger partial charge in [-0.3, -0.25) is 9.59 Å². The number of nitrogens with one attached hydrogen (secondary N) is 1. The number of nitrogens with zero attached hydrogens (tertiary/aromatic N) is 2. The predicted molar refractivity (Wildman–Crippen MR) is 133 cm³/mol. The summed E-state index contributed by atoms with van der Waals surface area (Å²) in [5, 5.41) is 3.00. The van der Waals surface area contributed by atoms with E-state index in [-0.39, 0.29) is 17.7 Å². The fraction of sp³-hybridized carbons (Fsp3) is 0.571. The van der Waals surface area contributed by atoms with Gasteiger partial charge in [0.15, 0.2) is 0 Å². The van der Waals surface area contributed by atoms with E-state index in [1.165, 1.54) is 24.8 Å². The summed E-state index contributed by atoms with van der Waals surface area (Å²) in [6.45, 7) is 6.21. The van der Waals surface area contributed by atoms with E-state index in [9.17, 15) is 9.59 Å². The Hall–Kier alpha value is -2.60. The third-order valence-electron chi connectivity index (χ3n) is 7.46. The Labute approximate surface area is 203 Å². The maximum absolute atomic E-state index is 13.0. The van der Waals surface area contributed by atoms with Crippen LogP contribution in [0.1, 0.15) is 73.6 Å². The first-order chi connectivity index (χ1) is 16.6. The zero-order chi connectivity index (χ0) is 23.8. The van der Waals surface area contributed by atoms with Crippen molar-refractivity contribution in [2.75, 3.05) is 26.2 Å². The molecule has 2 fully saturated rings. The molecule has 6 heteroatoms. The standard InChI is InChI=1S/C28H39N3O3/c1-2-3-4-6-22-8-10-24(11-9-22)28(33)31-18-14-25(15-19-31)30-16-12-23(13-17-30)27(32)29-21-26-7-5-20-34-26/h5,7-11,20,23,25H,2-4,6,12-19,21H2,1H3,(H,29,32). The maximum atomic E-state index is 13.0. The molecule has 0 saturated carbocycles. The molecule has 1 aromatic carbocycles. The van der Waals surface area contributed by atoms with E-state index in [2.05, 4.69) is 29.3 Å². The molecule has 0 unspecified atom stereocenters. The molecule has 1 N–H and O–H groups in total. The van der Waals surface area contributed by atoms with Crippen molar-refractivity contribution in [2.24, 2.45) is 5.92 Å². The summed E-state index contributed by atoms with van der Waals surface area (Å²) >= 11 is 0. The molecule has 4 rings (SSSR count). The number of carbonyl (C=O) groups excluding carboxylic acids is 2. The Morgan fingerprint density at radius 3 is 2.35 bits per heavy atom. The van der Waals surface area contributed by atoms with E-state index in [0.717, 1.165) is 69.6 Å². The molecular formula is C28H39N3O3. The Balaban J connectivity index is 1.17. The van der Waals surface area contributed by atoms with Gasteiger partial charge in [-0.15, -0.1) is 0 Å². The lowest BCUT2D eigenvalue weighted by molar-refractivity contribution is -0.127. The smallest absolute Gasteiger partial charge is 0.253 e. The molecule has 0 radical (unpaired) electrons. The average molecular weight is 466 g/mol. The van der Waals surface area contributed by atoms with Crippen LogP contribution < -0.4 is 5.32 Å². The number of benzene rings is 1. The molecule has 0 atom stereocenters. The molecule has 0 aliphatic carbocycles. The van der Waals surface area contributed by atoms with Crippen molar-refractivity contribution in [3.63, 3.8) is 0 Å². The lowest BCUT2D eigenvalue weighted by Gasteiger charge is -2.41. The van der Waals surface area contributed by atoms with E-state index in [1.54, 1.807) is 6.26 Å². The molecule has 2 amide bonds. The van der Waals surface area contributed by atoms with Crippen LogP contribution in [-0.4, -0.2) is 53.8 Å². The van der Waals surface area contributed by atoms with Gasteiger partial charge >= 0.3 is 0 Å². The van der Waals surface area contributed by atoms with Gasteiger partial charge in [0, 0.05) is 30.6 Å². The summed E-state index contributed by atoms with van der Waals surface area (Å²) in [5.74, 6) is 1.16. The second kappa shape index (κ2) is 12.2. The summed E-state index contributed by atoms with van der Waals surface area (Å²) in [5.41, 5.74) is 2.13. The average Bonchev–Trinajstić information content (AvgIpc) is 3.41. The quantitative estimate of drug-likeness (QED) is 0.548. The number of likely N-dealkylation sites (tertiary alicyclic amines) is 2. The van der Waals surface area contributed by atoms with Crippen LogP contribution in [0.15, 0.2) is 47.1 Å². The molecule has 0 bridgehead atoms. The molecule has 1 aromatic heterocycles. The third-order valence-corrected chi connectivity index (χ3v) is 7.46. The number of furan rings is 1. The van der Waals surface area contributed by atoms with Crippen LogP contribution in [0.2, 0.25) is 0 Å². The highest BCUT2D eigenvalue weighted by Crippen LogP contribution is 2.25. The summed E-state index contributed by atoms with van der Waals surface area (Å²) in [4.78, 5) is 30.0. The Bertz CT molecular complexity index is 893. The normalized spacial score (nSPS) is 18.2. The minimum absolute atomic E-state index is 0.0813. The molecule has 2 aliphatic rings. The van der Waals surface area contributed by atoms with Gasteiger partial charge in [-0.2, -0.15) is 0 Å². The van der Waals surface area contributed by atoms with Gasteiger partial charge < -0.3 is 19.5 Å². The zero-order valence-electron chi connectivity index (χ0n) is 20.5. The fourth-order valence-corrected chi connectivity index (χ4v) is 5.27. The third kappa shape index (κ3) is 6.50. The Morgan fingerprint density at radius 1 is 0.971 bits per heavy atom. The second-order valence-electron chi connectivity index (χ2n) is 9.78. The highest BCUT2D eigenvalue weighted by molar-refractivity contribution is 5.94. The van der Waals surface area contributed by atoms with Gasteiger partial charge in [0.2, 0.25) is 5.91 Å². The van der Waals surface area contributed by atoms with Crippen molar-refractivity contribution < 1.29 is 14.0 Å². The van der Waals surface area contributed by atoms with E-state index < -0.39 is 0 Å². The lowest BCUT2D eigenvalue weighted by atomic mass is 9.92. The first kappa shape index (κ1) is 24.5. The monoisotopic (exact) mass is 465 g/mol. The minimum atomic E-state index is 0.0813. The van der Waals surface area contributed by atoms with Crippen LogP contribution in [0, 0.1) is 5.92 Å². The number of unbranched alkanes of at least 4 members (excludes halogenated alkanes) is 2. The van der Waals surface area contributed by atoms with Gasteiger partial charge in [0.05, 0.1) is 12.8 Å². The molecule has 3 heterocycles. The summed E-state index contributed by atoms with van der Waals surface area (Å²) < 4.78 is 5.29. The van der Waals surface area contributed by atoms with Crippen molar-refractivity contribution in [3.8, 4) is 0 Å². The number of aryl methyl sites for hydroxylation is 1. The van der Waals surface area contributed by atoms with Crippen molar-refractivity contribution >= 4 is 11.8 Å². The zero-order valence-corrected chi connectivity index (χ0v) is 20.5. The highest BCUT2D eigenvalue weighted by atomic mass is 16.3. The van der Waals surface area contributed by atoms with E-state index in [4.69, 9.17) is 4.42 Å². The van der Waals surface area contributed by atoms with Crippen LogP contribution >= 0.6 is 0 Å². The molecule has 184 valence electrons. The first-order valence-electron chi connectivity index (χ1n) is 13.1. The van der Waals surface area contributed by atoms with Gasteiger partial charge in [-0.25, -0.2) is 0 Å². The van der Waals surface area contributed by atoms with E-state index in [1.807, 2.05) is 29.2 Å². The predicted octanol–water partition coefficient (Wildman–Crippen LogP) is 4.65. The molecule has 2 saturated heterocycles. The maximum Gasteiger partial charge on any atom is 0.253 e. The number of rotatable bonds is 9. The van der Waals surface area contributed by atoms with E-state index in [0.29, 0.717) is 12.6 Å². The van der Waals surface area contributed by atoms with Crippen LogP contribution in [0.25, 0.3) is 0 Å². The topological polar surface area (TPSA) is 65.8 Å². The molecular weight excluding hydrogens is 426 g/mol. The molecule has 34 heavy (non-hydrogen) atoms. The number of hydrogen-bond donors (Lipinski definition) is 1. The van der Waals surface area contributed by atoms with Gasteiger partial charge in [0.1, 0.15) is 5.76 Å². The number of carbonyl (C=O) groups is 2.